The van der Waals surface area contributed by atoms with Crippen molar-refractivity contribution in [3.8, 4) is 5.75 Å². The van der Waals surface area contributed by atoms with Gasteiger partial charge in [0.05, 0.1) is 16.9 Å². The minimum atomic E-state index is -0.989. The Labute approximate surface area is 176 Å². The predicted octanol–water partition coefficient (Wildman–Crippen LogP) is 3.49. The number of nitrogens with zero attached hydrogens (tertiary/aromatic N) is 1. The highest BCUT2D eigenvalue weighted by Gasteiger charge is 2.32. The molecule has 2 aliphatic rings. The number of carboxylic acid groups (broad SMARTS) is 1. The summed E-state index contributed by atoms with van der Waals surface area (Å²) in [6.07, 6.45) is 1.50. The molecule has 1 fully saturated rings. The lowest BCUT2D eigenvalue weighted by Gasteiger charge is -2.12. The van der Waals surface area contributed by atoms with E-state index in [0.29, 0.717) is 31.7 Å². The second kappa shape index (κ2) is 7.81. The van der Waals surface area contributed by atoms with Gasteiger partial charge in [0.2, 0.25) is 0 Å². The van der Waals surface area contributed by atoms with E-state index in [-0.39, 0.29) is 31.3 Å². The maximum atomic E-state index is 12.8. The molecule has 8 heteroatoms. The predicted molar refractivity (Wildman–Crippen MR) is 113 cm³/mol. The number of aliphatic carboxylic acids is 1. The average Bonchev–Trinajstić information content (AvgIpc) is 2.88. The van der Waals surface area contributed by atoms with Gasteiger partial charge in [-0.15, -0.1) is 0 Å². The molecule has 0 bridgehead atoms. The van der Waals surface area contributed by atoms with Crippen LogP contribution in [0.5, 0.6) is 5.75 Å². The summed E-state index contributed by atoms with van der Waals surface area (Å²) in [7, 11) is 0. The van der Waals surface area contributed by atoms with E-state index in [1.165, 1.54) is 4.90 Å². The Hall–Kier alpha value is -2.97. The van der Waals surface area contributed by atoms with Crippen molar-refractivity contribution in [1.82, 2.24) is 4.90 Å². The molecule has 0 spiro atoms. The third-order valence-electron chi connectivity index (χ3n) is 4.62. The van der Waals surface area contributed by atoms with Crippen molar-refractivity contribution in [3.63, 3.8) is 0 Å². The lowest BCUT2D eigenvalue weighted by atomic mass is 9.98. The SMILES string of the molecule is O=C(O)CCN1C(=O)C(=Cc2ccc3c(c2)OCc2ccccc2C3=O)SC1=S. The summed E-state index contributed by atoms with van der Waals surface area (Å²) in [4.78, 5) is 37.8. The van der Waals surface area contributed by atoms with Crippen molar-refractivity contribution in [3.05, 3.63) is 69.6 Å². The number of ether oxygens (including phenoxy) is 1. The molecule has 6 nitrogen and oxygen atoms in total. The minimum absolute atomic E-state index is 0.0391. The first-order valence-corrected chi connectivity index (χ1v) is 10.0. The number of rotatable bonds is 4. The van der Waals surface area contributed by atoms with Crippen molar-refractivity contribution in [2.75, 3.05) is 6.54 Å². The van der Waals surface area contributed by atoms with Gasteiger partial charge in [-0.2, -0.15) is 0 Å². The number of ketones is 1. The first-order valence-electron chi connectivity index (χ1n) is 8.80. The normalized spacial score (nSPS) is 17.0. The first-order chi connectivity index (χ1) is 13.9. The third-order valence-corrected chi connectivity index (χ3v) is 5.99. The van der Waals surface area contributed by atoms with E-state index in [9.17, 15) is 14.4 Å². The van der Waals surface area contributed by atoms with E-state index < -0.39 is 5.97 Å². The van der Waals surface area contributed by atoms with Gasteiger partial charge in [-0.25, -0.2) is 0 Å². The molecular formula is C21H15NO5S2. The summed E-state index contributed by atoms with van der Waals surface area (Å²) in [5.74, 6) is -0.946. The Bertz CT molecular complexity index is 1090. The lowest BCUT2D eigenvalue weighted by Crippen LogP contribution is -2.30. The Kier molecular flexibility index (Phi) is 5.21. The van der Waals surface area contributed by atoms with E-state index in [1.54, 1.807) is 30.3 Å². The summed E-state index contributed by atoms with van der Waals surface area (Å²) in [6.45, 7) is 0.326. The summed E-state index contributed by atoms with van der Waals surface area (Å²) in [5, 5.41) is 8.83. The van der Waals surface area contributed by atoms with Gasteiger partial charge in [-0.3, -0.25) is 19.3 Å². The van der Waals surface area contributed by atoms with Crippen molar-refractivity contribution >= 4 is 52.0 Å². The molecule has 2 aromatic carbocycles. The van der Waals surface area contributed by atoms with E-state index in [4.69, 9.17) is 22.1 Å². The second-order valence-electron chi connectivity index (χ2n) is 6.51. The van der Waals surface area contributed by atoms with Crippen LogP contribution >= 0.6 is 24.0 Å². The molecule has 1 N–H and O–H groups in total. The van der Waals surface area contributed by atoms with Crippen LogP contribution in [0, 0.1) is 0 Å². The molecule has 0 atom stereocenters. The fourth-order valence-corrected chi connectivity index (χ4v) is 4.46. The number of benzene rings is 2. The van der Waals surface area contributed by atoms with Crippen molar-refractivity contribution < 1.29 is 24.2 Å². The zero-order valence-corrected chi connectivity index (χ0v) is 16.7. The summed E-state index contributed by atoms with van der Waals surface area (Å²) >= 11 is 6.33. The fraction of sp³-hybridized carbons (Fsp3) is 0.143. The van der Waals surface area contributed by atoms with Crippen LogP contribution in [-0.4, -0.2) is 38.5 Å². The zero-order chi connectivity index (χ0) is 20.5. The summed E-state index contributed by atoms with van der Waals surface area (Å²) in [6, 6.07) is 12.5. The molecule has 2 aliphatic heterocycles. The number of carbonyl (C=O) groups is 3. The molecule has 0 aliphatic carbocycles. The van der Waals surface area contributed by atoms with Crippen LogP contribution in [-0.2, 0) is 16.2 Å². The maximum Gasteiger partial charge on any atom is 0.305 e. The fourth-order valence-electron chi connectivity index (χ4n) is 3.16. The maximum absolute atomic E-state index is 12.8. The lowest BCUT2D eigenvalue weighted by molar-refractivity contribution is -0.137. The Morgan fingerprint density at radius 1 is 1.21 bits per heavy atom. The minimum Gasteiger partial charge on any atom is -0.488 e. The molecule has 2 aromatic rings. The molecule has 0 radical (unpaired) electrons. The molecule has 4 rings (SSSR count). The van der Waals surface area contributed by atoms with E-state index in [1.807, 2.05) is 18.2 Å². The number of carbonyl (C=O) groups excluding carboxylic acids is 2. The standard InChI is InChI=1S/C21H15NO5S2/c23-18(24)7-8-22-20(26)17(29-21(22)28)10-12-5-6-15-16(9-12)27-11-13-3-1-2-4-14(13)19(15)25/h1-6,9-10H,7-8,11H2,(H,23,24). The van der Waals surface area contributed by atoms with Crippen molar-refractivity contribution in [2.45, 2.75) is 13.0 Å². The summed E-state index contributed by atoms with van der Waals surface area (Å²) in [5.41, 5.74) is 2.62. The smallest absolute Gasteiger partial charge is 0.305 e. The number of fused-ring (bicyclic) bond motifs is 2. The van der Waals surface area contributed by atoms with E-state index in [0.717, 1.165) is 17.3 Å². The molecule has 0 saturated carbocycles. The molecule has 1 saturated heterocycles. The van der Waals surface area contributed by atoms with Crippen LogP contribution in [0.3, 0.4) is 0 Å². The molecule has 0 aromatic heterocycles. The highest BCUT2D eigenvalue weighted by atomic mass is 32.2. The number of thioether (sulfide) groups is 1. The highest BCUT2D eigenvalue weighted by molar-refractivity contribution is 8.26. The van der Waals surface area contributed by atoms with Gasteiger partial charge < -0.3 is 9.84 Å². The number of carboxylic acids is 1. The number of amides is 1. The monoisotopic (exact) mass is 425 g/mol. The van der Waals surface area contributed by atoms with Crippen LogP contribution in [0.15, 0.2) is 47.4 Å². The summed E-state index contributed by atoms with van der Waals surface area (Å²) < 4.78 is 6.17. The molecule has 2 heterocycles. The topological polar surface area (TPSA) is 83.9 Å². The van der Waals surface area contributed by atoms with Crippen LogP contribution in [0.25, 0.3) is 6.08 Å². The number of thiocarbonyl (C=S) groups is 1. The molecule has 146 valence electrons. The highest BCUT2D eigenvalue weighted by Crippen LogP contribution is 2.34. The van der Waals surface area contributed by atoms with Gasteiger partial charge in [0.1, 0.15) is 16.7 Å². The molecular weight excluding hydrogens is 410 g/mol. The third kappa shape index (κ3) is 3.81. The average molecular weight is 425 g/mol. The quantitative estimate of drug-likeness (QED) is 0.593. The van der Waals surface area contributed by atoms with Crippen molar-refractivity contribution in [2.24, 2.45) is 0 Å². The Morgan fingerprint density at radius 3 is 2.79 bits per heavy atom. The van der Waals surface area contributed by atoms with E-state index >= 15 is 0 Å². The largest absolute Gasteiger partial charge is 0.488 e. The Balaban J connectivity index is 1.60. The molecule has 0 unspecified atom stereocenters. The van der Waals surface area contributed by atoms with Crippen LogP contribution in [0.2, 0.25) is 0 Å². The number of hydrogen-bond donors (Lipinski definition) is 1. The van der Waals surface area contributed by atoms with E-state index in [2.05, 4.69) is 0 Å². The molecule has 29 heavy (non-hydrogen) atoms. The van der Waals surface area contributed by atoms with Gasteiger partial charge in [0.25, 0.3) is 5.91 Å². The zero-order valence-electron chi connectivity index (χ0n) is 15.1. The van der Waals surface area contributed by atoms with Gasteiger partial charge >= 0.3 is 5.97 Å². The Morgan fingerprint density at radius 2 is 2.00 bits per heavy atom. The van der Waals surface area contributed by atoms with Crippen LogP contribution < -0.4 is 4.74 Å². The molecule has 1 amide bonds. The van der Waals surface area contributed by atoms with Gasteiger partial charge in [-0.1, -0.05) is 54.3 Å². The van der Waals surface area contributed by atoms with Gasteiger partial charge in [0.15, 0.2) is 5.78 Å². The second-order valence-corrected chi connectivity index (χ2v) is 8.18. The first kappa shape index (κ1) is 19.4. The van der Waals surface area contributed by atoms with Crippen LogP contribution in [0.4, 0.5) is 0 Å². The van der Waals surface area contributed by atoms with Gasteiger partial charge in [0, 0.05) is 17.7 Å². The van der Waals surface area contributed by atoms with Gasteiger partial charge in [-0.05, 0) is 23.8 Å². The van der Waals surface area contributed by atoms with Crippen molar-refractivity contribution in [1.29, 1.82) is 0 Å². The van der Waals surface area contributed by atoms with Crippen LogP contribution in [0.1, 0.15) is 33.5 Å². The number of hydrogen-bond acceptors (Lipinski definition) is 6.